The van der Waals surface area contributed by atoms with Crippen LogP contribution in [-0.4, -0.2) is 29.2 Å². The molecule has 0 saturated carbocycles. The molecule has 0 aliphatic rings. The monoisotopic (exact) mass is 309 g/mol. The van der Waals surface area contributed by atoms with Gasteiger partial charge in [-0.15, -0.1) is 0 Å². The lowest BCUT2D eigenvalue weighted by Crippen LogP contribution is -2.28. The number of imidazole rings is 1. The van der Waals surface area contributed by atoms with Gasteiger partial charge in [-0.3, -0.25) is 4.79 Å². The molecule has 0 aliphatic carbocycles. The summed E-state index contributed by atoms with van der Waals surface area (Å²) < 4.78 is 6.97. The van der Waals surface area contributed by atoms with Gasteiger partial charge in [0.05, 0.1) is 17.6 Å². The van der Waals surface area contributed by atoms with Crippen molar-refractivity contribution in [3.05, 3.63) is 66.0 Å². The van der Waals surface area contributed by atoms with Gasteiger partial charge in [-0.1, -0.05) is 42.5 Å². The van der Waals surface area contributed by atoms with Gasteiger partial charge in [0.15, 0.2) is 0 Å². The molecule has 118 valence electrons. The van der Waals surface area contributed by atoms with Crippen LogP contribution in [0.3, 0.4) is 0 Å². The van der Waals surface area contributed by atoms with Crippen molar-refractivity contribution in [1.29, 1.82) is 0 Å². The molecule has 0 spiro atoms. The molecule has 23 heavy (non-hydrogen) atoms. The summed E-state index contributed by atoms with van der Waals surface area (Å²) in [5.41, 5.74) is 3.19. The lowest BCUT2D eigenvalue weighted by Gasteiger charge is -2.10. The highest BCUT2D eigenvalue weighted by molar-refractivity contribution is 5.78. The summed E-state index contributed by atoms with van der Waals surface area (Å²) in [6.45, 7) is 1.15. The van der Waals surface area contributed by atoms with Crippen molar-refractivity contribution < 1.29 is 9.53 Å². The molecule has 0 bridgehead atoms. The highest BCUT2D eigenvalue weighted by Crippen LogP contribution is 2.18. The maximum absolute atomic E-state index is 11.6. The Labute approximate surface area is 134 Å². The first kappa shape index (κ1) is 15.2. The van der Waals surface area contributed by atoms with Crippen LogP contribution >= 0.6 is 0 Å². The number of fused-ring (bicyclic) bond motifs is 1. The van der Waals surface area contributed by atoms with E-state index in [0.717, 1.165) is 23.4 Å². The quantitative estimate of drug-likeness (QED) is 0.760. The van der Waals surface area contributed by atoms with Crippen LogP contribution in [0.15, 0.2) is 54.6 Å². The number of amides is 1. The number of methoxy groups -OCH3 is 1. The summed E-state index contributed by atoms with van der Waals surface area (Å²) in [5, 5.41) is 2.84. The molecule has 0 aliphatic heterocycles. The van der Waals surface area contributed by atoms with Crippen LogP contribution in [0.1, 0.15) is 11.4 Å². The summed E-state index contributed by atoms with van der Waals surface area (Å²) in [6.07, 6.45) is 0. The van der Waals surface area contributed by atoms with E-state index in [4.69, 9.17) is 4.74 Å². The Bertz CT molecular complexity index is 796. The Kier molecular flexibility index (Phi) is 4.68. The molecular formula is C18H19N3O2. The molecule has 1 heterocycles. The van der Waals surface area contributed by atoms with Gasteiger partial charge in [0.1, 0.15) is 12.4 Å². The van der Waals surface area contributed by atoms with Gasteiger partial charge >= 0.3 is 0 Å². The van der Waals surface area contributed by atoms with Crippen LogP contribution in [0, 0.1) is 0 Å². The Morgan fingerprint density at radius 1 is 1.13 bits per heavy atom. The van der Waals surface area contributed by atoms with Crippen molar-refractivity contribution in [2.45, 2.75) is 13.1 Å². The van der Waals surface area contributed by atoms with Crippen LogP contribution in [0.5, 0.6) is 0 Å². The van der Waals surface area contributed by atoms with Crippen LogP contribution in [0.2, 0.25) is 0 Å². The summed E-state index contributed by atoms with van der Waals surface area (Å²) in [4.78, 5) is 16.3. The van der Waals surface area contributed by atoms with Crippen molar-refractivity contribution in [1.82, 2.24) is 14.9 Å². The van der Waals surface area contributed by atoms with Gasteiger partial charge < -0.3 is 14.6 Å². The first-order valence-corrected chi connectivity index (χ1v) is 7.51. The number of hydrogen-bond acceptors (Lipinski definition) is 3. The molecule has 0 fully saturated rings. The second kappa shape index (κ2) is 7.07. The average molecular weight is 309 g/mol. The van der Waals surface area contributed by atoms with Crippen LogP contribution in [0.4, 0.5) is 0 Å². The molecule has 3 rings (SSSR count). The number of aromatic nitrogens is 2. The molecule has 0 radical (unpaired) electrons. The summed E-state index contributed by atoms with van der Waals surface area (Å²) in [6, 6.07) is 18.2. The molecule has 0 atom stereocenters. The van der Waals surface area contributed by atoms with E-state index in [2.05, 4.69) is 27.0 Å². The predicted octanol–water partition coefficient (Wildman–Crippen LogP) is 2.35. The molecule has 1 amide bonds. The van der Waals surface area contributed by atoms with Gasteiger partial charge in [-0.2, -0.15) is 0 Å². The summed E-state index contributed by atoms with van der Waals surface area (Å²) in [7, 11) is 1.50. The Balaban J connectivity index is 1.90. The first-order chi connectivity index (χ1) is 11.3. The third-order valence-electron chi connectivity index (χ3n) is 3.64. The second-order valence-corrected chi connectivity index (χ2v) is 5.30. The molecule has 3 aromatic rings. The Morgan fingerprint density at radius 2 is 1.87 bits per heavy atom. The van der Waals surface area contributed by atoms with Gasteiger partial charge in [-0.25, -0.2) is 4.98 Å². The molecule has 1 N–H and O–H groups in total. The fourth-order valence-corrected chi connectivity index (χ4v) is 2.56. The minimum atomic E-state index is -0.147. The number of benzene rings is 2. The number of rotatable bonds is 6. The van der Waals surface area contributed by atoms with E-state index in [0.29, 0.717) is 6.54 Å². The molecular weight excluding hydrogens is 290 g/mol. The van der Waals surface area contributed by atoms with Crippen molar-refractivity contribution in [3.8, 4) is 0 Å². The Hall–Kier alpha value is -2.66. The molecule has 2 aromatic carbocycles. The van der Waals surface area contributed by atoms with E-state index < -0.39 is 0 Å². The fourth-order valence-electron chi connectivity index (χ4n) is 2.56. The zero-order valence-electron chi connectivity index (χ0n) is 13.0. The van der Waals surface area contributed by atoms with E-state index >= 15 is 0 Å². The van der Waals surface area contributed by atoms with E-state index in [-0.39, 0.29) is 12.5 Å². The largest absolute Gasteiger partial charge is 0.375 e. The fraction of sp³-hybridized carbons (Fsp3) is 0.222. The van der Waals surface area contributed by atoms with Gasteiger partial charge in [-0.05, 0) is 17.7 Å². The molecule has 5 heteroatoms. The van der Waals surface area contributed by atoms with Crippen molar-refractivity contribution >= 4 is 16.9 Å². The molecule has 0 saturated heterocycles. The minimum Gasteiger partial charge on any atom is -0.375 e. The van der Waals surface area contributed by atoms with Gasteiger partial charge in [0.2, 0.25) is 5.91 Å². The summed E-state index contributed by atoms with van der Waals surface area (Å²) >= 11 is 0. The number of nitrogens with zero attached hydrogens (tertiary/aromatic N) is 2. The lowest BCUT2D eigenvalue weighted by molar-refractivity contribution is -0.124. The van der Waals surface area contributed by atoms with Crippen molar-refractivity contribution in [3.63, 3.8) is 0 Å². The topological polar surface area (TPSA) is 56.1 Å². The highest BCUT2D eigenvalue weighted by Gasteiger charge is 2.11. The highest BCUT2D eigenvalue weighted by atomic mass is 16.5. The summed E-state index contributed by atoms with van der Waals surface area (Å²) in [5.74, 6) is 0.685. The van der Waals surface area contributed by atoms with Crippen LogP contribution in [-0.2, 0) is 22.6 Å². The van der Waals surface area contributed by atoms with E-state index in [1.165, 1.54) is 12.7 Å². The first-order valence-electron chi connectivity index (χ1n) is 7.51. The molecule has 1 aromatic heterocycles. The SMILES string of the molecule is COCC(=O)NCc1nc2ccccc2n1Cc1ccccc1. The molecule has 5 nitrogen and oxygen atoms in total. The predicted molar refractivity (Wildman–Crippen MR) is 89.0 cm³/mol. The van der Waals surface area contributed by atoms with Gasteiger partial charge in [0.25, 0.3) is 0 Å². The Morgan fingerprint density at radius 3 is 2.65 bits per heavy atom. The molecule has 0 unspecified atom stereocenters. The average Bonchev–Trinajstić information content (AvgIpc) is 2.92. The zero-order valence-corrected chi connectivity index (χ0v) is 13.0. The zero-order chi connectivity index (χ0) is 16.1. The van der Waals surface area contributed by atoms with Crippen molar-refractivity contribution in [2.75, 3.05) is 13.7 Å². The third kappa shape index (κ3) is 3.57. The van der Waals surface area contributed by atoms with Gasteiger partial charge in [0, 0.05) is 13.7 Å². The van der Waals surface area contributed by atoms with E-state index in [1.807, 2.05) is 42.5 Å². The number of nitrogens with one attached hydrogen (secondary N) is 1. The third-order valence-corrected chi connectivity index (χ3v) is 3.64. The van der Waals surface area contributed by atoms with Crippen molar-refractivity contribution in [2.24, 2.45) is 0 Å². The van der Waals surface area contributed by atoms with E-state index in [1.54, 1.807) is 0 Å². The number of carbonyl (C=O) groups is 1. The number of hydrogen-bond donors (Lipinski definition) is 1. The normalized spacial score (nSPS) is 10.8. The number of para-hydroxylation sites is 2. The standard InChI is InChI=1S/C18H19N3O2/c1-23-13-18(22)19-11-17-20-15-9-5-6-10-16(15)21(17)12-14-7-3-2-4-8-14/h2-10H,11-13H2,1H3,(H,19,22). The lowest BCUT2D eigenvalue weighted by atomic mass is 10.2. The smallest absolute Gasteiger partial charge is 0.246 e. The maximum atomic E-state index is 11.6. The van der Waals surface area contributed by atoms with Crippen LogP contribution in [0.25, 0.3) is 11.0 Å². The number of carbonyl (C=O) groups excluding carboxylic acids is 1. The maximum Gasteiger partial charge on any atom is 0.246 e. The second-order valence-electron chi connectivity index (χ2n) is 5.30. The van der Waals surface area contributed by atoms with E-state index in [9.17, 15) is 4.79 Å². The minimum absolute atomic E-state index is 0.0545. The number of ether oxygens (including phenoxy) is 1. The van der Waals surface area contributed by atoms with Crippen LogP contribution < -0.4 is 5.32 Å².